The van der Waals surface area contributed by atoms with Crippen molar-refractivity contribution in [3.8, 4) is 0 Å². The Morgan fingerprint density at radius 3 is 2.53 bits per heavy atom. The second kappa shape index (κ2) is 8.07. The van der Waals surface area contributed by atoms with E-state index in [2.05, 4.69) is 9.71 Å². The predicted molar refractivity (Wildman–Crippen MR) is 107 cm³/mol. The van der Waals surface area contributed by atoms with E-state index in [0.29, 0.717) is 16.6 Å². The number of nitrogens with one attached hydrogen (secondary N) is 1. The maximum Gasteiger partial charge on any atom is 0.320 e. The molecule has 0 saturated carbocycles. The quantitative estimate of drug-likeness (QED) is 0.443. The third kappa shape index (κ3) is 4.03. The lowest BCUT2D eigenvalue weighted by molar-refractivity contribution is -0.385. The Morgan fingerprint density at radius 2 is 1.90 bits per heavy atom. The van der Waals surface area contributed by atoms with Crippen LogP contribution < -0.4 is 4.72 Å². The first-order valence-electron chi connectivity index (χ1n) is 9.03. The molecule has 0 aliphatic heterocycles. The lowest BCUT2D eigenvalue weighted by Gasteiger charge is -2.16. The van der Waals surface area contributed by atoms with Gasteiger partial charge in [0.05, 0.1) is 20.9 Å². The second-order valence-electron chi connectivity index (χ2n) is 7.00. The van der Waals surface area contributed by atoms with Crippen LogP contribution in [0.4, 0.5) is 14.5 Å². The summed E-state index contributed by atoms with van der Waals surface area (Å²) >= 11 is 0. The molecule has 160 valence electrons. The van der Waals surface area contributed by atoms with Crippen LogP contribution in [0.3, 0.4) is 0 Å². The number of benzene rings is 2. The Balaban J connectivity index is 1.91. The van der Waals surface area contributed by atoms with Crippen LogP contribution in [0.2, 0.25) is 0 Å². The zero-order valence-corrected chi connectivity index (χ0v) is 17.3. The minimum atomic E-state index is -4.11. The van der Waals surface area contributed by atoms with E-state index in [-0.39, 0.29) is 28.5 Å². The third-order valence-electron chi connectivity index (χ3n) is 4.94. The number of nitrogens with zero attached hydrogens (tertiary/aromatic N) is 3. The normalized spacial score (nSPS) is 13.1. The molecule has 3 aromatic rings. The summed E-state index contributed by atoms with van der Waals surface area (Å²) in [5, 5.41) is 11.1. The smallest absolute Gasteiger partial charge is 0.270 e. The maximum absolute atomic E-state index is 13.6. The molecule has 0 saturated heterocycles. The van der Waals surface area contributed by atoms with E-state index in [1.807, 2.05) is 0 Å². The van der Waals surface area contributed by atoms with Crippen molar-refractivity contribution in [3.63, 3.8) is 0 Å². The van der Waals surface area contributed by atoms with E-state index in [9.17, 15) is 27.3 Å². The van der Waals surface area contributed by atoms with Crippen molar-refractivity contribution in [2.24, 2.45) is 0 Å². The number of aryl methyl sites for hydroxylation is 1. The number of para-hydroxylation sites is 2. The molecule has 1 heterocycles. The van der Waals surface area contributed by atoms with Gasteiger partial charge in [-0.1, -0.05) is 19.1 Å². The number of rotatable bonds is 7. The second-order valence-corrected chi connectivity index (χ2v) is 8.74. The van der Waals surface area contributed by atoms with Crippen molar-refractivity contribution >= 4 is 26.7 Å². The van der Waals surface area contributed by atoms with Crippen LogP contribution in [0.5, 0.6) is 0 Å². The maximum atomic E-state index is 13.6. The van der Waals surface area contributed by atoms with Gasteiger partial charge < -0.3 is 0 Å². The number of alkyl halides is 2. The van der Waals surface area contributed by atoms with Gasteiger partial charge in [0.15, 0.2) is 0 Å². The highest BCUT2D eigenvalue weighted by atomic mass is 32.2. The van der Waals surface area contributed by atoms with Gasteiger partial charge in [0.1, 0.15) is 5.82 Å². The molecule has 11 heteroatoms. The van der Waals surface area contributed by atoms with Crippen LogP contribution in [0.1, 0.15) is 36.3 Å². The molecule has 1 N–H and O–H groups in total. The van der Waals surface area contributed by atoms with Gasteiger partial charge in [-0.25, -0.2) is 18.1 Å². The van der Waals surface area contributed by atoms with Gasteiger partial charge in [0.25, 0.3) is 5.69 Å². The molecule has 0 radical (unpaired) electrons. The van der Waals surface area contributed by atoms with Gasteiger partial charge in [0.2, 0.25) is 10.0 Å². The summed E-state index contributed by atoms with van der Waals surface area (Å²) in [5.74, 6) is -0.637. The highest BCUT2D eigenvalue weighted by Crippen LogP contribution is 2.28. The van der Waals surface area contributed by atoms with E-state index < -0.39 is 27.4 Å². The lowest BCUT2D eigenvalue weighted by atomic mass is 10.1. The summed E-state index contributed by atoms with van der Waals surface area (Å²) in [6.45, 7) is 1.66. The van der Waals surface area contributed by atoms with Crippen molar-refractivity contribution in [1.82, 2.24) is 14.3 Å². The van der Waals surface area contributed by atoms with Gasteiger partial charge in [-0.15, -0.1) is 0 Å². The average Bonchev–Trinajstić information content (AvgIpc) is 3.07. The van der Waals surface area contributed by atoms with Crippen molar-refractivity contribution in [2.75, 3.05) is 6.54 Å². The number of sulfonamides is 1. The molecule has 2 aromatic carbocycles. The summed E-state index contributed by atoms with van der Waals surface area (Å²) in [6.07, 6.45) is 0. The van der Waals surface area contributed by atoms with Crippen molar-refractivity contribution in [2.45, 2.75) is 38.1 Å². The number of aromatic nitrogens is 2. The van der Waals surface area contributed by atoms with E-state index >= 15 is 0 Å². The third-order valence-corrected chi connectivity index (χ3v) is 6.49. The Kier molecular flexibility index (Phi) is 5.86. The number of halogens is 2. The van der Waals surface area contributed by atoms with E-state index in [1.54, 1.807) is 39.0 Å². The Bertz CT molecular complexity index is 1220. The summed E-state index contributed by atoms with van der Waals surface area (Å²) in [7, 11) is -4.11. The molecule has 1 aromatic heterocycles. The molecule has 0 spiro atoms. The number of nitro groups is 1. The number of hydrogen-bond donors (Lipinski definition) is 1. The highest BCUT2D eigenvalue weighted by Gasteiger charge is 2.26. The first kappa shape index (κ1) is 21.8. The summed E-state index contributed by atoms with van der Waals surface area (Å²) in [5.41, 5.74) is 1.12. The zero-order chi connectivity index (χ0) is 22.2. The average molecular weight is 438 g/mol. The standard InChI is InChI=1S/C19H20F2N4O4S/c1-11-8-14(25(26)27)9-17(13(11)3)30(28,29)22-10-12(2)18-23-15-6-4-5-7-16(15)24(18)19(20)21/h4-9,12,19,22H,10H2,1-3H3/t12-/m0/s1. The minimum absolute atomic E-state index is 0.0424. The van der Waals surface area contributed by atoms with Gasteiger partial charge in [-0.3, -0.25) is 14.7 Å². The molecule has 3 rings (SSSR count). The predicted octanol–water partition coefficient (Wildman–Crippen LogP) is 4.04. The van der Waals surface area contributed by atoms with Gasteiger partial charge in [-0.05, 0) is 37.1 Å². The van der Waals surface area contributed by atoms with Gasteiger partial charge >= 0.3 is 6.55 Å². The molecular formula is C19H20F2N4O4S. The first-order valence-corrected chi connectivity index (χ1v) is 10.5. The number of imidazole rings is 1. The van der Waals surface area contributed by atoms with Crippen molar-refractivity contribution < 1.29 is 22.1 Å². The van der Waals surface area contributed by atoms with Crippen LogP contribution in [0, 0.1) is 24.0 Å². The molecular weight excluding hydrogens is 418 g/mol. The topological polar surface area (TPSA) is 107 Å². The molecule has 30 heavy (non-hydrogen) atoms. The summed E-state index contributed by atoms with van der Waals surface area (Å²) in [4.78, 5) is 14.4. The molecule has 0 aliphatic rings. The number of nitro benzene ring substituents is 1. The monoisotopic (exact) mass is 438 g/mol. The summed E-state index contributed by atoms with van der Waals surface area (Å²) < 4.78 is 56.0. The van der Waals surface area contributed by atoms with Crippen LogP contribution >= 0.6 is 0 Å². The fourth-order valence-corrected chi connectivity index (χ4v) is 4.68. The fourth-order valence-electron chi connectivity index (χ4n) is 3.21. The van der Waals surface area contributed by atoms with Crippen molar-refractivity contribution in [1.29, 1.82) is 0 Å². The molecule has 0 unspecified atom stereocenters. The number of non-ortho nitro benzene ring substituents is 1. The number of hydrogen-bond acceptors (Lipinski definition) is 5. The molecule has 0 aliphatic carbocycles. The van der Waals surface area contributed by atoms with Crippen LogP contribution in [-0.4, -0.2) is 29.4 Å². The Hall–Kier alpha value is -2.92. The Morgan fingerprint density at radius 1 is 1.23 bits per heavy atom. The summed E-state index contributed by atoms with van der Waals surface area (Å²) in [6, 6.07) is 8.70. The lowest BCUT2D eigenvalue weighted by Crippen LogP contribution is -2.29. The van der Waals surface area contributed by atoms with E-state index in [4.69, 9.17) is 0 Å². The van der Waals surface area contributed by atoms with Gasteiger partial charge in [0, 0.05) is 24.6 Å². The largest absolute Gasteiger partial charge is 0.320 e. The molecule has 8 nitrogen and oxygen atoms in total. The minimum Gasteiger partial charge on any atom is -0.270 e. The Labute approximate surface area is 171 Å². The van der Waals surface area contributed by atoms with Gasteiger partial charge in [-0.2, -0.15) is 8.78 Å². The fraction of sp³-hybridized carbons (Fsp3) is 0.316. The van der Waals surface area contributed by atoms with Crippen LogP contribution in [0.25, 0.3) is 11.0 Å². The van der Waals surface area contributed by atoms with Crippen LogP contribution in [-0.2, 0) is 10.0 Å². The molecule has 0 bridgehead atoms. The molecule has 0 amide bonds. The first-order chi connectivity index (χ1) is 14.0. The van der Waals surface area contributed by atoms with E-state index in [1.165, 1.54) is 12.1 Å². The number of fused-ring (bicyclic) bond motifs is 1. The van der Waals surface area contributed by atoms with Crippen LogP contribution in [0.15, 0.2) is 41.3 Å². The SMILES string of the molecule is Cc1cc([N+](=O)[O-])cc(S(=O)(=O)NC[C@H](C)c2nc3ccccc3n2C(F)F)c1C. The highest BCUT2D eigenvalue weighted by molar-refractivity contribution is 7.89. The molecule has 1 atom stereocenters. The van der Waals surface area contributed by atoms with Crippen molar-refractivity contribution in [3.05, 3.63) is 63.5 Å². The molecule has 0 fully saturated rings. The van der Waals surface area contributed by atoms with E-state index in [0.717, 1.165) is 10.6 Å². The zero-order valence-electron chi connectivity index (χ0n) is 16.5.